The summed E-state index contributed by atoms with van der Waals surface area (Å²) < 4.78 is 5.26. The summed E-state index contributed by atoms with van der Waals surface area (Å²) in [5.41, 5.74) is 1.33. The first-order chi connectivity index (χ1) is 7.81. The molecule has 1 fully saturated rings. The van der Waals surface area contributed by atoms with E-state index in [0.29, 0.717) is 12.0 Å². The maximum absolute atomic E-state index is 5.26. The molecule has 0 saturated carbocycles. The summed E-state index contributed by atoms with van der Waals surface area (Å²) in [7, 11) is 1.71. The Morgan fingerprint density at radius 1 is 1.38 bits per heavy atom. The van der Waals surface area contributed by atoms with Crippen LogP contribution >= 0.6 is 0 Å². The van der Waals surface area contributed by atoms with Gasteiger partial charge in [0, 0.05) is 25.7 Å². The topological polar surface area (TPSA) is 33.3 Å². The Labute approximate surface area is 97.2 Å². The lowest BCUT2D eigenvalue weighted by Crippen LogP contribution is -2.50. The fraction of sp³-hybridized carbons (Fsp3) is 0.538. The smallest absolute Gasteiger partial charge is 0.119 e. The van der Waals surface area contributed by atoms with E-state index in [2.05, 4.69) is 35.8 Å². The van der Waals surface area contributed by atoms with Gasteiger partial charge in [0.2, 0.25) is 0 Å². The SMILES string of the molecule is COc1cccc(C(C)[C@H]2CNCCN2)c1. The van der Waals surface area contributed by atoms with Crippen molar-refractivity contribution in [2.24, 2.45) is 0 Å². The van der Waals surface area contributed by atoms with Gasteiger partial charge in [-0.2, -0.15) is 0 Å². The van der Waals surface area contributed by atoms with E-state index in [9.17, 15) is 0 Å². The van der Waals surface area contributed by atoms with Crippen molar-refractivity contribution in [2.45, 2.75) is 18.9 Å². The molecule has 1 heterocycles. The standard InChI is InChI=1S/C13H20N2O/c1-10(13-9-14-6-7-15-13)11-4-3-5-12(8-11)16-2/h3-5,8,10,13-15H,6-7,9H2,1-2H3/t10?,13-/m1/s1. The first-order valence-corrected chi connectivity index (χ1v) is 5.89. The Hall–Kier alpha value is -1.06. The zero-order valence-corrected chi connectivity index (χ0v) is 9.99. The van der Waals surface area contributed by atoms with Crippen LogP contribution in [0.4, 0.5) is 0 Å². The Morgan fingerprint density at radius 3 is 2.94 bits per heavy atom. The van der Waals surface area contributed by atoms with Crippen molar-refractivity contribution < 1.29 is 4.74 Å². The van der Waals surface area contributed by atoms with Crippen molar-refractivity contribution in [2.75, 3.05) is 26.7 Å². The highest BCUT2D eigenvalue weighted by Gasteiger charge is 2.20. The minimum Gasteiger partial charge on any atom is -0.497 e. The van der Waals surface area contributed by atoms with Crippen molar-refractivity contribution in [3.63, 3.8) is 0 Å². The summed E-state index contributed by atoms with van der Waals surface area (Å²) in [4.78, 5) is 0. The normalized spacial score (nSPS) is 22.8. The summed E-state index contributed by atoms with van der Waals surface area (Å²) in [6.07, 6.45) is 0. The Bertz CT molecular complexity index is 334. The van der Waals surface area contributed by atoms with Crippen molar-refractivity contribution in [3.05, 3.63) is 29.8 Å². The molecule has 1 aromatic carbocycles. The van der Waals surface area contributed by atoms with Gasteiger partial charge in [-0.1, -0.05) is 19.1 Å². The van der Waals surface area contributed by atoms with E-state index < -0.39 is 0 Å². The van der Waals surface area contributed by atoms with Crippen LogP contribution in [-0.4, -0.2) is 32.8 Å². The summed E-state index contributed by atoms with van der Waals surface area (Å²) >= 11 is 0. The van der Waals surface area contributed by atoms with Crippen LogP contribution in [0.2, 0.25) is 0 Å². The van der Waals surface area contributed by atoms with Crippen LogP contribution in [0.3, 0.4) is 0 Å². The molecule has 2 N–H and O–H groups in total. The lowest BCUT2D eigenvalue weighted by atomic mass is 9.92. The van der Waals surface area contributed by atoms with E-state index >= 15 is 0 Å². The zero-order valence-electron chi connectivity index (χ0n) is 9.99. The average molecular weight is 220 g/mol. The molecule has 1 aliphatic heterocycles. The van der Waals surface area contributed by atoms with Gasteiger partial charge in [-0.25, -0.2) is 0 Å². The van der Waals surface area contributed by atoms with E-state index in [1.54, 1.807) is 7.11 Å². The molecule has 1 aliphatic rings. The maximum Gasteiger partial charge on any atom is 0.119 e. The molecule has 0 aliphatic carbocycles. The molecule has 0 radical (unpaired) electrons. The van der Waals surface area contributed by atoms with Crippen LogP contribution in [0, 0.1) is 0 Å². The first-order valence-electron chi connectivity index (χ1n) is 5.89. The quantitative estimate of drug-likeness (QED) is 0.807. The number of piperazine rings is 1. The monoisotopic (exact) mass is 220 g/mol. The van der Waals surface area contributed by atoms with Crippen LogP contribution in [-0.2, 0) is 0 Å². The van der Waals surface area contributed by atoms with Crippen LogP contribution in [0.15, 0.2) is 24.3 Å². The molecule has 0 amide bonds. The minimum absolute atomic E-state index is 0.503. The molecule has 2 atom stereocenters. The van der Waals surface area contributed by atoms with Gasteiger partial charge in [0.1, 0.15) is 5.75 Å². The fourth-order valence-electron chi connectivity index (χ4n) is 2.19. The van der Waals surface area contributed by atoms with Gasteiger partial charge in [-0.05, 0) is 23.6 Å². The lowest BCUT2D eigenvalue weighted by molar-refractivity contribution is 0.376. The maximum atomic E-state index is 5.26. The molecule has 0 bridgehead atoms. The molecule has 3 heteroatoms. The van der Waals surface area contributed by atoms with E-state index in [4.69, 9.17) is 4.74 Å². The van der Waals surface area contributed by atoms with Crippen LogP contribution in [0.25, 0.3) is 0 Å². The van der Waals surface area contributed by atoms with Gasteiger partial charge in [0.15, 0.2) is 0 Å². The molecule has 0 spiro atoms. The van der Waals surface area contributed by atoms with E-state index in [1.807, 2.05) is 6.07 Å². The number of hydrogen-bond donors (Lipinski definition) is 2. The molecular weight excluding hydrogens is 200 g/mol. The predicted molar refractivity (Wildman–Crippen MR) is 66.1 cm³/mol. The second-order valence-electron chi connectivity index (χ2n) is 4.33. The third-order valence-corrected chi connectivity index (χ3v) is 3.30. The second kappa shape index (κ2) is 5.32. The number of benzene rings is 1. The number of rotatable bonds is 3. The third kappa shape index (κ3) is 2.54. The molecule has 1 aromatic rings. The van der Waals surface area contributed by atoms with Crippen LogP contribution in [0.1, 0.15) is 18.4 Å². The Balaban J connectivity index is 2.09. The zero-order chi connectivity index (χ0) is 11.4. The van der Waals surface area contributed by atoms with Crippen molar-refractivity contribution in [1.82, 2.24) is 10.6 Å². The molecule has 88 valence electrons. The molecule has 1 unspecified atom stereocenters. The Kier molecular flexibility index (Phi) is 3.80. The van der Waals surface area contributed by atoms with E-state index in [1.165, 1.54) is 5.56 Å². The molecule has 16 heavy (non-hydrogen) atoms. The van der Waals surface area contributed by atoms with Gasteiger partial charge in [-0.3, -0.25) is 0 Å². The number of hydrogen-bond acceptors (Lipinski definition) is 3. The molecular formula is C13H20N2O. The Morgan fingerprint density at radius 2 is 2.25 bits per heavy atom. The molecule has 3 nitrogen and oxygen atoms in total. The predicted octanol–water partition coefficient (Wildman–Crippen LogP) is 1.36. The van der Waals surface area contributed by atoms with Gasteiger partial charge in [0.05, 0.1) is 7.11 Å². The third-order valence-electron chi connectivity index (χ3n) is 3.30. The van der Waals surface area contributed by atoms with Crippen molar-refractivity contribution >= 4 is 0 Å². The van der Waals surface area contributed by atoms with Gasteiger partial charge >= 0.3 is 0 Å². The van der Waals surface area contributed by atoms with E-state index in [-0.39, 0.29) is 0 Å². The first kappa shape index (κ1) is 11.4. The van der Waals surface area contributed by atoms with Crippen molar-refractivity contribution in [1.29, 1.82) is 0 Å². The largest absolute Gasteiger partial charge is 0.497 e. The molecule has 1 saturated heterocycles. The van der Waals surface area contributed by atoms with Crippen molar-refractivity contribution in [3.8, 4) is 5.75 Å². The summed E-state index contributed by atoms with van der Waals surface area (Å²) in [6.45, 7) is 5.43. The average Bonchev–Trinajstić information content (AvgIpc) is 2.39. The number of nitrogens with one attached hydrogen (secondary N) is 2. The van der Waals surface area contributed by atoms with Gasteiger partial charge in [-0.15, -0.1) is 0 Å². The second-order valence-corrected chi connectivity index (χ2v) is 4.33. The fourth-order valence-corrected chi connectivity index (χ4v) is 2.19. The highest BCUT2D eigenvalue weighted by atomic mass is 16.5. The minimum atomic E-state index is 0.503. The van der Waals surface area contributed by atoms with E-state index in [0.717, 1.165) is 25.4 Å². The highest BCUT2D eigenvalue weighted by Crippen LogP contribution is 2.23. The lowest BCUT2D eigenvalue weighted by Gasteiger charge is -2.30. The summed E-state index contributed by atoms with van der Waals surface area (Å²) in [6, 6.07) is 8.86. The van der Waals surface area contributed by atoms with Gasteiger partial charge in [0.25, 0.3) is 0 Å². The summed E-state index contributed by atoms with van der Waals surface area (Å²) in [5.74, 6) is 1.44. The number of ether oxygens (including phenoxy) is 1. The van der Waals surface area contributed by atoms with Crippen LogP contribution in [0.5, 0.6) is 5.75 Å². The highest BCUT2D eigenvalue weighted by molar-refractivity contribution is 5.31. The number of methoxy groups -OCH3 is 1. The molecule has 2 rings (SSSR count). The molecule has 0 aromatic heterocycles. The summed E-state index contributed by atoms with van der Waals surface area (Å²) in [5, 5.41) is 6.97. The van der Waals surface area contributed by atoms with Crippen LogP contribution < -0.4 is 15.4 Å². The van der Waals surface area contributed by atoms with Gasteiger partial charge < -0.3 is 15.4 Å².